The highest BCUT2D eigenvalue weighted by Crippen LogP contribution is 2.48. The number of nitrogens with one attached hydrogen (secondary N) is 1. The second kappa shape index (κ2) is 6.21. The fourth-order valence-corrected chi connectivity index (χ4v) is 3.79. The molecule has 2 aromatic carbocycles. The maximum absolute atomic E-state index is 13.0. The van der Waals surface area contributed by atoms with Crippen LogP contribution in [-0.4, -0.2) is 5.91 Å². The quantitative estimate of drug-likeness (QED) is 0.688. The lowest BCUT2D eigenvalue weighted by Gasteiger charge is -2.10. The van der Waals surface area contributed by atoms with Gasteiger partial charge in [0, 0.05) is 22.0 Å². The zero-order chi connectivity index (χ0) is 16.5. The second-order valence-electron chi connectivity index (χ2n) is 6.01. The van der Waals surface area contributed by atoms with Gasteiger partial charge < -0.3 is 5.32 Å². The number of para-hydroxylation sites is 1. The topological polar surface area (TPSA) is 29.1 Å². The highest BCUT2D eigenvalue weighted by atomic mass is 32.1. The van der Waals surface area contributed by atoms with Gasteiger partial charge in [-0.15, -0.1) is 11.3 Å². The van der Waals surface area contributed by atoms with Gasteiger partial charge in [-0.3, -0.25) is 4.79 Å². The lowest BCUT2D eigenvalue weighted by molar-refractivity contribution is -0.117. The predicted octanol–water partition coefficient (Wildman–Crippen LogP) is 5.30. The molecule has 0 bridgehead atoms. The Labute approximate surface area is 144 Å². The van der Waals surface area contributed by atoms with Crippen molar-refractivity contribution in [2.24, 2.45) is 5.92 Å². The Morgan fingerprint density at radius 3 is 2.58 bits per heavy atom. The minimum absolute atomic E-state index is 0.0353. The number of amides is 1. The van der Waals surface area contributed by atoms with E-state index in [2.05, 4.69) is 5.32 Å². The largest absolute Gasteiger partial charge is 0.325 e. The molecule has 1 heterocycles. The van der Waals surface area contributed by atoms with Crippen molar-refractivity contribution < 1.29 is 9.18 Å². The first-order valence-electron chi connectivity index (χ1n) is 7.91. The molecule has 0 radical (unpaired) electrons. The van der Waals surface area contributed by atoms with Crippen molar-refractivity contribution in [2.45, 2.75) is 12.3 Å². The molecule has 0 aliphatic heterocycles. The smallest absolute Gasteiger partial charge is 0.228 e. The summed E-state index contributed by atoms with van der Waals surface area (Å²) in [5.74, 6) is -0.0510. The lowest BCUT2D eigenvalue weighted by atomic mass is 10.1. The molecule has 4 rings (SSSR count). The van der Waals surface area contributed by atoms with Crippen LogP contribution in [0.25, 0.3) is 10.4 Å². The molecule has 1 amide bonds. The summed E-state index contributed by atoms with van der Waals surface area (Å²) in [5, 5.41) is 5.09. The number of hydrogen-bond donors (Lipinski definition) is 1. The zero-order valence-corrected chi connectivity index (χ0v) is 13.7. The summed E-state index contributed by atoms with van der Waals surface area (Å²) in [6.07, 6.45) is 0.818. The molecule has 2 nitrogen and oxygen atoms in total. The van der Waals surface area contributed by atoms with Gasteiger partial charge in [0.2, 0.25) is 5.91 Å². The number of carbonyl (C=O) groups is 1. The summed E-state index contributed by atoms with van der Waals surface area (Å²) in [6.45, 7) is 0. The fraction of sp³-hybridized carbons (Fsp3) is 0.150. The van der Waals surface area contributed by atoms with Crippen LogP contribution in [0, 0.1) is 11.7 Å². The van der Waals surface area contributed by atoms with Gasteiger partial charge >= 0.3 is 0 Å². The fourth-order valence-electron chi connectivity index (χ4n) is 3.03. The Hall–Kier alpha value is -2.46. The van der Waals surface area contributed by atoms with Gasteiger partial charge in [-0.05, 0) is 47.5 Å². The van der Waals surface area contributed by atoms with E-state index in [1.54, 1.807) is 23.5 Å². The highest BCUT2D eigenvalue weighted by Gasteiger charge is 2.44. The summed E-state index contributed by atoms with van der Waals surface area (Å²) < 4.78 is 13.0. The van der Waals surface area contributed by atoms with Crippen LogP contribution in [0.5, 0.6) is 0 Å². The maximum atomic E-state index is 13.0. The van der Waals surface area contributed by atoms with Crippen molar-refractivity contribution in [3.8, 4) is 10.4 Å². The first kappa shape index (κ1) is 15.1. The normalized spacial score (nSPS) is 19.0. The number of hydrogen-bond acceptors (Lipinski definition) is 2. The molecular formula is C20H16FNOS. The van der Waals surface area contributed by atoms with Crippen LogP contribution in [0.3, 0.4) is 0 Å². The first-order chi connectivity index (χ1) is 11.7. The molecule has 1 N–H and O–H groups in total. The minimum atomic E-state index is -0.245. The number of anilines is 1. The molecule has 4 heteroatoms. The van der Waals surface area contributed by atoms with Gasteiger partial charge in [0.25, 0.3) is 0 Å². The van der Waals surface area contributed by atoms with E-state index < -0.39 is 0 Å². The molecule has 1 saturated carbocycles. The van der Waals surface area contributed by atoms with E-state index in [0.29, 0.717) is 0 Å². The molecule has 1 fully saturated rings. The molecule has 0 saturated heterocycles. The van der Waals surface area contributed by atoms with Crippen LogP contribution in [-0.2, 0) is 4.79 Å². The van der Waals surface area contributed by atoms with Crippen LogP contribution in [0.15, 0.2) is 66.0 Å². The Morgan fingerprint density at radius 1 is 1.04 bits per heavy atom. The first-order valence-corrected chi connectivity index (χ1v) is 8.79. The maximum Gasteiger partial charge on any atom is 0.228 e. The summed E-state index contributed by atoms with van der Waals surface area (Å²) >= 11 is 1.65. The van der Waals surface area contributed by atoms with Gasteiger partial charge in [-0.25, -0.2) is 4.39 Å². The van der Waals surface area contributed by atoms with Gasteiger partial charge in [0.05, 0.1) is 0 Å². The van der Waals surface area contributed by atoms with E-state index >= 15 is 0 Å². The number of halogens is 1. The molecule has 24 heavy (non-hydrogen) atoms. The van der Waals surface area contributed by atoms with E-state index in [1.165, 1.54) is 12.1 Å². The molecule has 120 valence electrons. The highest BCUT2D eigenvalue weighted by molar-refractivity contribution is 7.13. The summed E-state index contributed by atoms with van der Waals surface area (Å²) in [6, 6.07) is 18.4. The summed E-state index contributed by atoms with van der Waals surface area (Å²) in [4.78, 5) is 13.7. The molecule has 1 aliphatic rings. The molecule has 0 spiro atoms. The number of rotatable bonds is 4. The molecule has 3 aromatic rings. The molecule has 2 atom stereocenters. The minimum Gasteiger partial charge on any atom is -0.325 e. The standard InChI is InChI=1S/C20H16FNOS/c21-14-9-7-13(8-10-14)16-12-17(16)20(23)22-18-5-2-1-4-15(18)19-6-3-11-24-19/h1-11,16-17H,12H2,(H,22,23). The van der Waals surface area contributed by atoms with E-state index in [1.807, 2.05) is 41.8 Å². The summed E-state index contributed by atoms with van der Waals surface area (Å²) in [7, 11) is 0. The number of carbonyl (C=O) groups excluding carboxylic acids is 1. The third kappa shape index (κ3) is 2.97. The molecule has 2 unspecified atom stereocenters. The van der Waals surface area contributed by atoms with Crippen LogP contribution in [0.4, 0.5) is 10.1 Å². The van der Waals surface area contributed by atoms with Crippen LogP contribution in [0.2, 0.25) is 0 Å². The molecular weight excluding hydrogens is 321 g/mol. The Kier molecular flexibility index (Phi) is 3.90. The predicted molar refractivity (Wildman–Crippen MR) is 95.6 cm³/mol. The molecule has 1 aliphatic carbocycles. The SMILES string of the molecule is O=C(Nc1ccccc1-c1cccs1)C1CC1c1ccc(F)cc1. The van der Waals surface area contributed by atoms with Gasteiger partial charge in [0.15, 0.2) is 0 Å². The van der Waals surface area contributed by atoms with Crippen molar-refractivity contribution in [3.63, 3.8) is 0 Å². The summed E-state index contributed by atoms with van der Waals surface area (Å²) in [5.41, 5.74) is 2.91. The van der Waals surface area contributed by atoms with Crippen LogP contribution in [0.1, 0.15) is 17.9 Å². The third-order valence-electron chi connectivity index (χ3n) is 4.40. The lowest BCUT2D eigenvalue weighted by Crippen LogP contribution is -2.15. The van der Waals surface area contributed by atoms with E-state index in [-0.39, 0.29) is 23.6 Å². The number of thiophene rings is 1. The van der Waals surface area contributed by atoms with Crippen LogP contribution >= 0.6 is 11.3 Å². The average Bonchev–Trinajstić information content (AvgIpc) is 3.21. The van der Waals surface area contributed by atoms with Crippen molar-refractivity contribution in [2.75, 3.05) is 5.32 Å². The van der Waals surface area contributed by atoms with E-state index in [4.69, 9.17) is 0 Å². The second-order valence-corrected chi connectivity index (χ2v) is 6.96. The van der Waals surface area contributed by atoms with Gasteiger partial charge in [-0.1, -0.05) is 36.4 Å². The Morgan fingerprint density at radius 2 is 1.83 bits per heavy atom. The average molecular weight is 337 g/mol. The molecule has 1 aromatic heterocycles. The van der Waals surface area contributed by atoms with E-state index in [9.17, 15) is 9.18 Å². The van der Waals surface area contributed by atoms with E-state index in [0.717, 1.165) is 28.1 Å². The zero-order valence-electron chi connectivity index (χ0n) is 12.9. The number of benzene rings is 2. The monoisotopic (exact) mass is 337 g/mol. The van der Waals surface area contributed by atoms with Crippen LogP contribution < -0.4 is 5.32 Å². The van der Waals surface area contributed by atoms with Crippen molar-refractivity contribution in [1.29, 1.82) is 0 Å². The van der Waals surface area contributed by atoms with Crippen molar-refractivity contribution >= 4 is 22.9 Å². The Balaban J connectivity index is 1.49. The van der Waals surface area contributed by atoms with Gasteiger partial charge in [-0.2, -0.15) is 0 Å². The van der Waals surface area contributed by atoms with Crippen molar-refractivity contribution in [1.82, 2.24) is 0 Å². The Bertz CT molecular complexity index is 858. The third-order valence-corrected chi connectivity index (χ3v) is 5.30. The van der Waals surface area contributed by atoms with Gasteiger partial charge in [0.1, 0.15) is 5.82 Å². The van der Waals surface area contributed by atoms with Crippen molar-refractivity contribution in [3.05, 3.63) is 77.4 Å².